The molecular weight excluding hydrogens is 713 g/mol. The van der Waals surface area contributed by atoms with Crippen molar-refractivity contribution in [1.82, 2.24) is 4.98 Å². The number of hydrogen-bond acceptors (Lipinski definition) is 4. The molecule has 0 N–H and O–H groups in total. The van der Waals surface area contributed by atoms with Gasteiger partial charge < -0.3 is 9.32 Å². The lowest BCUT2D eigenvalue weighted by atomic mass is 9.93. The van der Waals surface area contributed by atoms with Gasteiger partial charge in [-0.1, -0.05) is 115 Å². The molecular formula is C53H32N2OS. The number of rotatable bonds is 5. The van der Waals surface area contributed by atoms with Crippen LogP contribution in [-0.4, -0.2) is 4.98 Å². The van der Waals surface area contributed by atoms with Gasteiger partial charge in [0, 0.05) is 66.0 Å². The summed E-state index contributed by atoms with van der Waals surface area (Å²) in [5.74, 6) is 0. The van der Waals surface area contributed by atoms with Gasteiger partial charge in [-0.2, -0.15) is 0 Å². The Balaban J connectivity index is 1.03. The molecule has 0 fully saturated rings. The third-order valence-electron chi connectivity index (χ3n) is 11.5. The summed E-state index contributed by atoms with van der Waals surface area (Å²) in [5.41, 5.74) is 9.71. The molecule has 0 radical (unpaired) electrons. The quantitative estimate of drug-likeness (QED) is 0.164. The van der Waals surface area contributed by atoms with Gasteiger partial charge in [-0.3, -0.25) is 4.98 Å². The van der Waals surface area contributed by atoms with E-state index in [0.29, 0.717) is 0 Å². The number of furan rings is 1. The van der Waals surface area contributed by atoms with E-state index in [0.717, 1.165) is 55.5 Å². The molecule has 12 aromatic rings. The molecule has 0 saturated heterocycles. The second-order valence-electron chi connectivity index (χ2n) is 14.7. The first-order valence-electron chi connectivity index (χ1n) is 19.3. The number of aromatic nitrogens is 1. The summed E-state index contributed by atoms with van der Waals surface area (Å²) >= 11 is 1.85. The lowest BCUT2D eigenvalue weighted by Gasteiger charge is -2.26. The van der Waals surface area contributed by atoms with Gasteiger partial charge in [-0.05, 0) is 116 Å². The summed E-state index contributed by atoms with van der Waals surface area (Å²) in [7, 11) is 0. The van der Waals surface area contributed by atoms with Crippen molar-refractivity contribution < 1.29 is 4.42 Å². The van der Waals surface area contributed by atoms with Crippen LogP contribution < -0.4 is 4.90 Å². The van der Waals surface area contributed by atoms with Crippen LogP contribution >= 0.6 is 11.3 Å². The molecule has 0 bridgehead atoms. The van der Waals surface area contributed by atoms with Gasteiger partial charge >= 0.3 is 0 Å². The van der Waals surface area contributed by atoms with Crippen molar-refractivity contribution in [3.05, 3.63) is 194 Å². The van der Waals surface area contributed by atoms with Gasteiger partial charge in [0.15, 0.2) is 0 Å². The van der Waals surface area contributed by atoms with Gasteiger partial charge in [0.2, 0.25) is 0 Å². The number of benzene rings is 9. The zero-order chi connectivity index (χ0) is 37.5. The summed E-state index contributed by atoms with van der Waals surface area (Å²) in [6.07, 6.45) is 3.71. The van der Waals surface area contributed by atoms with Crippen molar-refractivity contribution in [3.8, 4) is 22.3 Å². The average molecular weight is 745 g/mol. The molecule has 0 aliphatic carbocycles. The van der Waals surface area contributed by atoms with Crippen LogP contribution in [0.1, 0.15) is 0 Å². The Kier molecular flexibility index (Phi) is 7.10. The minimum absolute atomic E-state index is 0.843. The Labute approximate surface area is 332 Å². The maximum absolute atomic E-state index is 6.40. The minimum atomic E-state index is 0.843. The van der Waals surface area contributed by atoms with Crippen LogP contribution in [0.15, 0.2) is 199 Å². The minimum Gasteiger partial charge on any atom is -0.456 e. The number of thiophene rings is 1. The molecule has 0 spiro atoms. The van der Waals surface area contributed by atoms with E-state index in [4.69, 9.17) is 4.42 Å². The standard InChI is InChI=1S/C53H32N2OS/c1-3-11-40-35(9-1)29-45(43-14-6-5-13-42(40)43)33-17-21-37(22-18-33)55(39-25-26-51-46(31-39)44-15-7-8-16-50(44)57-51)38-23-19-34(20-24-38)52-41-12-4-2-10-36(41)30-49-53(52)47-32-54-28-27-48(47)56-49/h1-32H. The number of nitrogens with zero attached hydrogens (tertiary/aromatic N) is 2. The van der Waals surface area contributed by atoms with Crippen molar-refractivity contribution in [2.24, 2.45) is 0 Å². The summed E-state index contributed by atoms with van der Waals surface area (Å²) in [4.78, 5) is 6.86. The molecule has 0 atom stereocenters. The molecule has 12 rings (SSSR count). The molecule has 3 nitrogen and oxygen atoms in total. The third-order valence-corrected chi connectivity index (χ3v) is 12.7. The first-order chi connectivity index (χ1) is 28.2. The highest BCUT2D eigenvalue weighted by Crippen LogP contribution is 2.45. The van der Waals surface area contributed by atoms with Gasteiger partial charge in [-0.25, -0.2) is 0 Å². The highest BCUT2D eigenvalue weighted by atomic mass is 32.1. The van der Waals surface area contributed by atoms with Crippen LogP contribution in [0.5, 0.6) is 0 Å². The Bertz CT molecular complexity index is 3520. The summed E-state index contributed by atoms with van der Waals surface area (Å²) < 4.78 is 8.99. The number of hydrogen-bond donors (Lipinski definition) is 0. The molecule has 0 amide bonds. The lowest BCUT2D eigenvalue weighted by molar-refractivity contribution is 0.669. The first kappa shape index (κ1) is 32.0. The number of pyridine rings is 1. The van der Waals surface area contributed by atoms with Crippen LogP contribution in [0.25, 0.3) is 96.7 Å². The van der Waals surface area contributed by atoms with E-state index in [2.05, 4.69) is 186 Å². The second kappa shape index (κ2) is 12.6. The number of anilines is 3. The fourth-order valence-electron chi connectivity index (χ4n) is 8.91. The summed E-state index contributed by atoms with van der Waals surface area (Å²) in [6.45, 7) is 0. The zero-order valence-corrected chi connectivity index (χ0v) is 31.5. The molecule has 266 valence electrons. The van der Waals surface area contributed by atoms with E-state index >= 15 is 0 Å². The van der Waals surface area contributed by atoms with Crippen molar-refractivity contribution in [3.63, 3.8) is 0 Å². The van der Waals surface area contributed by atoms with E-state index in [1.807, 2.05) is 23.6 Å². The topological polar surface area (TPSA) is 29.3 Å². The maximum Gasteiger partial charge on any atom is 0.138 e. The van der Waals surface area contributed by atoms with Crippen LogP contribution in [0, 0.1) is 0 Å². The summed E-state index contributed by atoms with van der Waals surface area (Å²) in [5, 5.41) is 12.1. The van der Waals surface area contributed by atoms with Gasteiger partial charge in [0.1, 0.15) is 11.2 Å². The maximum atomic E-state index is 6.40. The van der Waals surface area contributed by atoms with Crippen molar-refractivity contribution in [2.45, 2.75) is 0 Å². The van der Waals surface area contributed by atoms with E-state index in [9.17, 15) is 0 Å². The zero-order valence-electron chi connectivity index (χ0n) is 30.7. The summed E-state index contributed by atoms with van der Waals surface area (Å²) in [6, 6.07) is 66.1. The van der Waals surface area contributed by atoms with Crippen molar-refractivity contribution in [1.29, 1.82) is 0 Å². The van der Waals surface area contributed by atoms with Gasteiger partial charge in [0.05, 0.1) is 0 Å². The molecule has 0 unspecified atom stereocenters. The van der Waals surface area contributed by atoms with Crippen LogP contribution in [-0.2, 0) is 0 Å². The molecule has 0 aliphatic rings. The smallest absolute Gasteiger partial charge is 0.138 e. The molecule has 0 aliphatic heterocycles. The Hall–Kier alpha value is -7.27. The second-order valence-corrected chi connectivity index (χ2v) is 15.8. The van der Waals surface area contributed by atoms with Crippen LogP contribution in [0.4, 0.5) is 17.1 Å². The Morgan fingerprint density at radius 1 is 0.421 bits per heavy atom. The van der Waals surface area contributed by atoms with Crippen LogP contribution in [0.3, 0.4) is 0 Å². The fourth-order valence-corrected chi connectivity index (χ4v) is 9.99. The highest BCUT2D eigenvalue weighted by molar-refractivity contribution is 7.25. The predicted octanol–water partition coefficient (Wildman–Crippen LogP) is 15.6. The normalized spacial score (nSPS) is 11.9. The van der Waals surface area contributed by atoms with Crippen molar-refractivity contribution in [2.75, 3.05) is 4.90 Å². The Morgan fingerprint density at radius 3 is 1.82 bits per heavy atom. The van der Waals surface area contributed by atoms with Gasteiger partial charge in [0.25, 0.3) is 0 Å². The third kappa shape index (κ3) is 5.08. The number of fused-ring (bicyclic) bond motifs is 10. The Morgan fingerprint density at radius 2 is 1.04 bits per heavy atom. The SMILES string of the molecule is c1ccc2c(-c3ccc(N(c4ccc(-c5cc6ccccc6c6ccccc56)cc4)c4ccc5sc6ccccc6c5c4)cc3)c3c(cc2c1)oc1ccncc13. The molecule has 3 aromatic heterocycles. The monoisotopic (exact) mass is 744 g/mol. The lowest BCUT2D eigenvalue weighted by Crippen LogP contribution is -2.09. The largest absolute Gasteiger partial charge is 0.456 e. The average Bonchev–Trinajstić information content (AvgIpc) is 3.84. The molecule has 9 aromatic carbocycles. The first-order valence-corrected chi connectivity index (χ1v) is 20.1. The van der Waals surface area contributed by atoms with E-state index in [1.54, 1.807) is 6.20 Å². The van der Waals surface area contributed by atoms with Crippen LogP contribution in [0.2, 0.25) is 0 Å². The van der Waals surface area contributed by atoms with Gasteiger partial charge in [-0.15, -0.1) is 11.3 Å². The van der Waals surface area contributed by atoms with E-state index in [1.165, 1.54) is 58.2 Å². The predicted molar refractivity (Wildman–Crippen MR) is 242 cm³/mol. The fraction of sp³-hybridized carbons (Fsp3) is 0. The van der Waals surface area contributed by atoms with E-state index in [-0.39, 0.29) is 0 Å². The molecule has 4 heteroatoms. The molecule has 57 heavy (non-hydrogen) atoms. The highest BCUT2D eigenvalue weighted by Gasteiger charge is 2.19. The molecule has 0 saturated carbocycles. The van der Waals surface area contributed by atoms with E-state index < -0.39 is 0 Å². The van der Waals surface area contributed by atoms with Crippen molar-refractivity contribution >= 4 is 103 Å². The molecule has 3 heterocycles.